The number of nitro benzene ring substituents is 1. The zero-order valence-corrected chi connectivity index (χ0v) is 12.3. The van der Waals surface area contributed by atoms with Gasteiger partial charge >= 0.3 is 0 Å². The van der Waals surface area contributed by atoms with Crippen molar-refractivity contribution in [3.8, 4) is 11.5 Å². The van der Waals surface area contributed by atoms with Gasteiger partial charge in [0.05, 0.1) is 36.9 Å². The summed E-state index contributed by atoms with van der Waals surface area (Å²) in [5.41, 5.74) is -0.334. The summed E-state index contributed by atoms with van der Waals surface area (Å²) in [6, 6.07) is 2.54. The third-order valence-corrected chi connectivity index (χ3v) is 3.41. The van der Waals surface area contributed by atoms with Gasteiger partial charge in [-0.05, 0) is 0 Å². The first-order chi connectivity index (χ1) is 10.7. The van der Waals surface area contributed by atoms with Crippen molar-refractivity contribution >= 4 is 12.0 Å². The number of ether oxygens (including phenoxy) is 3. The number of rotatable bonds is 7. The number of benzene rings is 1. The van der Waals surface area contributed by atoms with Crippen molar-refractivity contribution in [1.82, 2.24) is 4.90 Å². The van der Waals surface area contributed by atoms with E-state index in [9.17, 15) is 14.9 Å². The van der Waals surface area contributed by atoms with Gasteiger partial charge in [-0.1, -0.05) is 0 Å². The fourth-order valence-corrected chi connectivity index (χ4v) is 2.20. The fraction of sp³-hybridized carbons (Fsp3) is 0.500. The van der Waals surface area contributed by atoms with E-state index in [0.29, 0.717) is 38.4 Å². The lowest BCUT2D eigenvalue weighted by Crippen LogP contribution is -2.38. The van der Waals surface area contributed by atoms with Crippen LogP contribution in [0.15, 0.2) is 12.1 Å². The topological polar surface area (TPSA) is 91.1 Å². The van der Waals surface area contributed by atoms with Crippen molar-refractivity contribution in [1.29, 1.82) is 0 Å². The summed E-state index contributed by atoms with van der Waals surface area (Å²) in [6.07, 6.45) is 0.437. The SMILES string of the molecule is COc1cc([N+](=O)[O-])c(C=O)cc1OCCN1CCOCC1. The molecule has 0 amide bonds. The average molecular weight is 310 g/mol. The largest absolute Gasteiger partial charge is 0.493 e. The smallest absolute Gasteiger partial charge is 0.283 e. The predicted molar refractivity (Wildman–Crippen MR) is 77.8 cm³/mol. The third-order valence-electron chi connectivity index (χ3n) is 3.41. The van der Waals surface area contributed by atoms with Gasteiger partial charge in [-0.25, -0.2) is 0 Å². The van der Waals surface area contributed by atoms with Gasteiger partial charge < -0.3 is 14.2 Å². The minimum atomic E-state index is -0.621. The summed E-state index contributed by atoms with van der Waals surface area (Å²) in [5, 5.41) is 10.9. The molecule has 0 bridgehead atoms. The highest BCUT2D eigenvalue weighted by Crippen LogP contribution is 2.33. The number of nitro groups is 1. The standard InChI is InChI=1S/C14H18N2O6/c1-20-13-9-12(16(18)19)11(10-17)8-14(13)22-7-4-15-2-5-21-6-3-15/h8-10H,2-7H2,1H3. The third kappa shape index (κ3) is 3.92. The van der Waals surface area contributed by atoms with Gasteiger partial charge in [0, 0.05) is 25.7 Å². The van der Waals surface area contributed by atoms with Gasteiger partial charge in [-0.15, -0.1) is 0 Å². The van der Waals surface area contributed by atoms with E-state index in [2.05, 4.69) is 4.90 Å². The lowest BCUT2D eigenvalue weighted by Gasteiger charge is -2.26. The molecule has 0 spiro atoms. The van der Waals surface area contributed by atoms with Crippen molar-refractivity contribution in [2.45, 2.75) is 0 Å². The van der Waals surface area contributed by atoms with Gasteiger partial charge in [0.15, 0.2) is 17.8 Å². The molecule has 8 nitrogen and oxygen atoms in total. The van der Waals surface area contributed by atoms with Crippen LogP contribution >= 0.6 is 0 Å². The van der Waals surface area contributed by atoms with Crippen molar-refractivity contribution in [3.05, 3.63) is 27.8 Å². The van der Waals surface area contributed by atoms with Gasteiger partial charge in [-0.3, -0.25) is 19.8 Å². The molecular weight excluding hydrogens is 292 g/mol. The second-order valence-corrected chi connectivity index (χ2v) is 4.74. The Bertz CT molecular complexity index is 542. The highest BCUT2D eigenvalue weighted by Gasteiger charge is 2.19. The number of carbonyl (C=O) groups excluding carboxylic acids is 1. The number of carbonyl (C=O) groups is 1. The number of hydrogen-bond donors (Lipinski definition) is 0. The second-order valence-electron chi connectivity index (χ2n) is 4.74. The first kappa shape index (κ1) is 16.2. The fourth-order valence-electron chi connectivity index (χ4n) is 2.20. The van der Waals surface area contributed by atoms with Gasteiger partial charge in [0.2, 0.25) is 0 Å². The number of morpholine rings is 1. The lowest BCUT2D eigenvalue weighted by molar-refractivity contribution is -0.385. The summed E-state index contributed by atoms with van der Waals surface area (Å²) < 4.78 is 16.0. The van der Waals surface area contributed by atoms with Crippen LogP contribution in [0.4, 0.5) is 5.69 Å². The van der Waals surface area contributed by atoms with E-state index in [1.165, 1.54) is 19.2 Å². The molecule has 0 atom stereocenters. The van der Waals surface area contributed by atoms with E-state index in [4.69, 9.17) is 14.2 Å². The zero-order chi connectivity index (χ0) is 15.9. The van der Waals surface area contributed by atoms with Crippen LogP contribution in [0.2, 0.25) is 0 Å². The Morgan fingerprint density at radius 3 is 2.68 bits per heavy atom. The monoisotopic (exact) mass is 310 g/mol. The van der Waals surface area contributed by atoms with Crippen LogP contribution in [0.3, 0.4) is 0 Å². The Balaban J connectivity index is 2.05. The first-order valence-electron chi connectivity index (χ1n) is 6.90. The molecule has 8 heteroatoms. The molecule has 0 radical (unpaired) electrons. The number of aldehydes is 1. The van der Waals surface area contributed by atoms with E-state index >= 15 is 0 Å². The molecule has 1 aliphatic heterocycles. The minimum Gasteiger partial charge on any atom is -0.493 e. The van der Waals surface area contributed by atoms with E-state index in [1.54, 1.807) is 0 Å². The molecule has 1 aliphatic rings. The van der Waals surface area contributed by atoms with E-state index in [-0.39, 0.29) is 17.0 Å². The molecule has 1 aromatic rings. The molecular formula is C14H18N2O6. The van der Waals surface area contributed by atoms with Crippen LogP contribution in [0.1, 0.15) is 10.4 Å². The Hall–Kier alpha value is -2.19. The maximum Gasteiger partial charge on any atom is 0.283 e. The number of hydrogen-bond acceptors (Lipinski definition) is 7. The van der Waals surface area contributed by atoms with Crippen molar-refractivity contribution < 1.29 is 23.9 Å². The molecule has 0 aliphatic carbocycles. The maximum absolute atomic E-state index is 11.0. The Kier molecular flexibility index (Phi) is 5.68. The molecule has 0 unspecified atom stereocenters. The normalized spacial score (nSPS) is 15.3. The van der Waals surface area contributed by atoms with Crippen molar-refractivity contribution in [2.75, 3.05) is 46.6 Å². The van der Waals surface area contributed by atoms with Crippen molar-refractivity contribution in [3.63, 3.8) is 0 Å². The predicted octanol–water partition coefficient (Wildman–Crippen LogP) is 1.13. The molecule has 2 rings (SSSR count). The molecule has 22 heavy (non-hydrogen) atoms. The number of methoxy groups -OCH3 is 1. The van der Waals surface area contributed by atoms with Crippen molar-refractivity contribution in [2.24, 2.45) is 0 Å². The Morgan fingerprint density at radius 1 is 1.36 bits per heavy atom. The number of nitrogens with zero attached hydrogens (tertiary/aromatic N) is 2. The molecule has 1 heterocycles. The van der Waals surface area contributed by atoms with Crippen LogP contribution in [0.25, 0.3) is 0 Å². The van der Waals surface area contributed by atoms with Crippen LogP contribution in [0, 0.1) is 10.1 Å². The molecule has 0 aromatic heterocycles. The van der Waals surface area contributed by atoms with Crippen LogP contribution in [0.5, 0.6) is 11.5 Å². The molecule has 1 aromatic carbocycles. The van der Waals surface area contributed by atoms with Gasteiger partial charge in [-0.2, -0.15) is 0 Å². The zero-order valence-electron chi connectivity index (χ0n) is 12.3. The van der Waals surface area contributed by atoms with Gasteiger partial charge in [0.25, 0.3) is 5.69 Å². The minimum absolute atomic E-state index is 0.0350. The molecule has 120 valence electrons. The lowest BCUT2D eigenvalue weighted by atomic mass is 10.1. The maximum atomic E-state index is 11.0. The van der Waals surface area contributed by atoms with Crippen LogP contribution < -0.4 is 9.47 Å². The summed E-state index contributed by atoms with van der Waals surface area (Å²) in [7, 11) is 1.40. The summed E-state index contributed by atoms with van der Waals surface area (Å²) in [5.74, 6) is 0.558. The summed E-state index contributed by atoms with van der Waals surface area (Å²) in [6.45, 7) is 4.21. The van der Waals surface area contributed by atoms with E-state index in [0.717, 1.165) is 13.1 Å². The van der Waals surface area contributed by atoms with Gasteiger partial charge in [0.1, 0.15) is 6.61 Å². The van der Waals surface area contributed by atoms with E-state index in [1.807, 2.05) is 0 Å². The Labute approximate surface area is 127 Å². The van der Waals surface area contributed by atoms with Crippen LogP contribution in [-0.2, 0) is 4.74 Å². The summed E-state index contributed by atoms with van der Waals surface area (Å²) in [4.78, 5) is 23.5. The van der Waals surface area contributed by atoms with Crippen LogP contribution in [-0.4, -0.2) is 62.7 Å². The Morgan fingerprint density at radius 2 is 2.09 bits per heavy atom. The molecule has 1 saturated heterocycles. The highest BCUT2D eigenvalue weighted by atomic mass is 16.6. The van der Waals surface area contributed by atoms with E-state index < -0.39 is 4.92 Å². The molecule has 0 saturated carbocycles. The molecule has 0 N–H and O–H groups in total. The highest BCUT2D eigenvalue weighted by molar-refractivity contribution is 5.83. The molecule has 1 fully saturated rings. The first-order valence-corrected chi connectivity index (χ1v) is 6.90. The summed E-state index contributed by atoms with van der Waals surface area (Å²) >= 11 is 0. The quantitative estimate of drug-likeness (QED) is 0.423. The second kappa shape index (κ2) is 7.71. The average Bonchev–Trinajstić information content (AvgIpc) is 2.55.